The number of fused-ring (bicyclic) bond motifs is 10. The van der Waals surface area contributed by atoms with Gasteiger partial charge in [-0.2, -0.15) is 0 Å². The maximum atomic E-state index is 2.55. The fraction of sp³-hybridized carbons (Fsp3) is 0. The molecular formula is C70H43NSe. The van der Waals surface area contributed by atoms with Gasteiger partial charge in [-0.1, -0.05) is 60.7 Å². The van der Waals surface area contributed by atoms with Crippen molar-refractivity contribution in [1.29, 1.82) is 0 Å². The Balaban J connectivity index is 0.958. The molecule has 15 rings (SSSR count). The minimum atomic E-state index is 0.116. The molecule has 0 saturated heterocycles. The molecule has 0 spiro atoms. The Bertz CT molecular complexity index is 4450. The van der Waals surface area contributed by atoms with Crippen LogP contribution in [-0.4, -0.2) is 19.1 Å². The molecule has 0 saturated carbocycles. The van der Waals surface area contributed by atoms with Gasteiger partial charge in [0.05, 0.1) is 0 Å². The number of rotatable bonds is 6. The van der Waals surface area contributed by atoms with Crippen LogP contribution in [0.15, 0.2) is 261 Å². The van der Waals surface area contributed by atoms with Gasteiger partial charge in [0.2, 0.25) is 0 Å². The first kappa shape index (κ1) is 41.0. The molecule has 72 heavy (non-hydrogen) atoms. The maximum absolute atomic E-state index is 2.55. The number of hydrogen-bond acceptors (Lipinski definition) is 0. The van der Waals surface area contributed by atoms with Crippen LogP contribution in [0.3, 0.4) is 0 Å². The van der Waals surface area contributed by atoms with Crippen LogP contribution in [0.5, 0.6) is 0 Å². The van der Waals surface area contributed by atoms with Crippen LogP contribution < -0.4 is 0 Å². The first-order valence-corrected chi connectivity index (χ1v) is 26.5. The molecule has 2 heterocycles. The van der Waals surface area contributed by atoms with Gasteiger partial charge >= 0.3 is 343 Å². The Hall–Kier alpha value is -8.78. The van der Waals surface area contributed by atoms with Gasteiger partial charge < -0.3 is 0 Å². The molecule has 2 heteroatoms. The summed E-state index contributed by atoms with van der Waals surface area (Å²) in [5, 5.41) is 15.3. The predicted molar refractivity (Wildman–Crippen MR) is 310 cm³/mol. The molecule has 334 valence electrons. The van der Waals surface area contributed by atoms with Gasteiger partial charge in [-0.3, -0.25) is 0 Å². The number of benzene rings is 13. The second kappa shape index (κ2) is 16.4. The Morgan fingerprint density at radius 3 is 1.14 bits per heavy atom. The van der Waals surface area contributed by atoms with Crippen LogP contribution in [0.2, 0.25) is 0 Å². The topological polar surface area (TPSA) is 4.93 Å². The summed E-state index contributed by atoms with van der Waals surface area (Å²) in [6.07, 6.45) is 0. The Kier molecular flexibility index (Phi) is 9.35. The summed E-state index contributed by atoms with van der Waals surface area (Å²) in [7, 11) is 0. The summed E-state index contributed by atoms with van der Waals surface area (Å²) >= 11 is 0.116. The van der Waals surface area contributed by atoms with E-state index in [1.165, 1.54) is 146 Å². The van der Waals surface area contributed by atoms with Crippen LogP contribution in [0.4, 0.5) is 0 Å². The van der Waals surface area contributed by atoms with E-state index in [1.807, 2.05) is 0 Å². The maximum Gasteiger partial charge on any atom is -0.0544 e. The first-order valence-electron chi connectivity index (χ1n) is 24.8. The Morgan fingerprint density at radius 2 is 0.625 bits per heavy atom. The molecule has 0 atom stereocenters. The van der Waals surface area contributed by atoms with Crippen molar-refractivity contribution in [2.75, 3.05) is 0 Å². The van der Waals surface area contributed by atoms with Gasteiger partial charge in [0, 0.05) is 0 Å². The van der Waals surface area contributed by atoms with E-state index in [0.717, 1.165) is 0 Å². The van der Waals surface area contributed by atoms with E-state index in [0.29, 0.717) is 0 Å². The zero-order valence-corrected chi connectivity index (χ0v) is 40.9. The van der Waals surface area contributed by atoms with E-state index in [9.17, 15) is 0 Å². The van der Waals surface area contributed by atoms with Crippen LogP contribution in [-0.2, 0) is 0 Å². The summed E-state index contributed by atoms with van der Waals surface area (Å²) in [5.41, 5.74) is 16.2. The largest absolute Gasteiger partial charge is 0.0617 e. The third-order valence-corrected chi connectivity index (χ3v) is 17.7. The molecule has 0 aliphatic heterocycles. The van der Waals surface area contributed by atoms with Crippen molar-refractivity contribution in [3.05, 3.63) is 261 Å². The molecule has 0 aliphatic rings. The van der Waals surface area contributed by atoms with Gasteiger partial charge in [0.1, 0.15) is 0 Å². The van der Waals surface area contributed by atoms with Crippen molar-refractivity contribution >= 4 is 98.7 Å². The third kappa shape index (κ3) is 6.27. The minimum absolute atomic E-state index is 0.116. The van der Waals surface area contributed by atoms with Crippen molar-refractivity contribution in [3.63, 3.8) is 0 Å². The molecule has 0 N–H and O–H groups in total. The van der Waals surface area contributed by atoms with E-state index in [-0.39, 0.29) is 14.5 Å². The smallest absolute Gasteiger partial charge is 0.0544 e. The third-order valence-electron chi connectivity index (χ3n) is 15.2. The van der Waals surface area contributed by atoms with Crippen molar-refractivity contribution in [3.8, 4) is 61.3 Å². The molecule has 0 unspecified atom stereocenters. The summed E-state index contributed by atoms with van der Waals surface area (Å²) in [6, 6.07) is 97.2. The van der Waals surface area contributed by atoms with Crippen molar-refractivity contribution in [2.45, 2.75) is 0 Å². The normalized spacial score (nSPS) is 11.9. The summed E-state index contributed by atoms with van der Waals surface area (Å²) < 4.78 is 5.44. The van der Waals surface area contributed by atoms with Crippen LogP contribution in [0, 0.1) is 0 Å². The average molecular weight is 977 g/mol. The fourth-order valence-electron chi connectivity index (χ4n) is 12.0. The zero-order chi connectivity index (χ0) is 47.3. The standard InChI is InChI=1S/C70H43NSe/c1-4-19-44(20-5-1)47-35-38-63-60(41-47)61-42-48(45-21-6-2-7-22-45)36-39-64(61)71(63)69-56-31-16-14-29-54(56)67(55-30-15-17-32-57(55)69)49-37-40-65-62(43-49)58-33-18-34-59(70(58)72-65)68-52-27-12-10-25-50(52)66(46-23-8-3-9-24-46)51-26-11-13-28-53(51)68/h1-43H. The second-order valence-electron chi connectivity index (χ2n) is 19.0. The van der Waals surface area contributed by atoms with Gasteiger partial charge in [-0.25, -0.2) is 0 Å². The fourth-order valence-corrected chi connectivity index (χ4v) is 14.6. The average Bonchev–Trinajstić information content (AvgIpc) is 3.99. The Morgan fingerprint density at radius 1 is 0.236 bits per heavy atom. The molecule has 0 bridgehead atoms. The van der Waals surface area contributed by atoms with E-state index in [1.54, 1.807) is 0 Å². The number of aromatic nitrogens is 1. The van der Waals surface area contributed by atoms with Crippen molar-refractivity contribution < 1.29 is 0 Å². The molecule has 0 amide bonds. The SMILES string of the molecule is c1ccc(-c2ccc3c(c2)c2cc(-c4ccccc4)ccc2n3-c2c3ccccc3c(-c3ccc4[se]c5c(-c6c7ccccc7c(-c7ccccc7)c7ccccc67)cccc5c4c3)c3ccccc23)cc1. The quantitative estimate of drug-likeness (QED) is 0.116. The van der Waals surface area contributed by atoms with E-state index < -0.39 is 0 Å². The molecule has 15 aromatic rings. The molecular weight excluding hydrogens is 934 g/mol. The predicted octanol–water partition coefficient (Wildman–Crippen LogP) is 19.1. The molecule has 13 aromatic carbocycles. The first-order chi connectivity index (χ1) is 35.7. The molecule has 0 radical (unpaired) electrons. The Labute approximate surface area is 422 Å². The molecule has 2 aromatic heterocycles. The van der Waals surface area contributed by atoms with E-state index >= 15 is 0 Å². The minimum Gasteiger partial charge on any atom is -0.0617 e. The number of nitrogens with zero attached hydrogens (tertiary/aromatic N) is 1. The zero-order valence-electron chi connectivity index (χ0n) is 39.2. The van der Waals surface area contributed by atoms with Gasteiger partial charge in [0.25, 0.3) is 0 Å². The van der Waals surface area contributed by atoms with Crippen LogP contribution in [0.25, 0.3) is 146 Å². The summed E-state index contributed by atoms with van der Waals surface area (Å²) in [4.78, 5) is 0. The van der Waals surface area contributed by atoms with Crippen molar-refractivity contribution in [1.82, 2.24) is 4.57 Å². The van der Waals surface area contributed by atoms with Crippen molar-refractivity contribution in [2.24, 2.45) is 0 Å². The van der Waals surface area contributed by atoms with Crippen LogP contribution in [0.1, 0.15) is 0 Å². The second-order valence-corrected chi connectivity index (χ2v) is 21.3. The van der Waals surface area contributed by atoms with Gasteiger partial charge in [-0.15, -0.1) is 0 Å². The van der Waals surface area contributed by atoms with Crippen LogP contribution >= 0.6 is 0 Å². The molecule has 1 nitrogen and oxygen atoms in total. The summed E-state index contributed by atoms with van der Waals surface area (Å²) in [5.74, 6) is 0. The van der Waals surface area contributed by atoms with E-state index in [2.05, 4.69) is 265 Å². The van der Waals surface area contributed by atoms with E-state index in [4.69, 9.17) is 0 Å². The molecule has 0 fully saturated rings. The number of hydrogen-bond donors (Lipinski definition) is 0. The van der Waals surface area contributed by atoms with Gasteiger partial charge in [-0.05, 0) is 22.3 Å². The monoisotopic (exact) mass is 977 g/mol. The summed E-state index contributed by atoms with van der Waals surface area (Å²) in [6.45, 7) is 0. The van der Waals surface area contributed by atoms with Gasteiger partial charge in [0.15, 0.2) is 0 Å². The molecule has 0 aliphatic carbocycles.